The van der Waals surface area contributed by atoms with Gasteiger partial charge in [0.25, 0.3) is 0 Å². The van der Waals surface area contributed by atoms with Crippen molar-refractivity contribution in [2.75, 3.05) is 20.2 Å². The number of aryl methyl sites for hydroxylation is 2. The summed E-state index contributed by atoms with van der Waals surface area (Å²) in [6.45, 7) is 4.76. The van der Waals surface area contributed by atoms with Crippen LogP contribution in [0.2, 0.25) is 0 Å². The first kappa shape index (κ1) is 18.0. The minimum Gasteiger partial charge on any atom is -0.453 e. The molecule has 0 radical (unpaired) electrons. The van der Waals surface area contributed by atoms with Crippen molar-refractivity contribution < 1.29 is 14.3 Å². The highest BCUT2D eigenvalue weighted by Crippen LogP contribution is 2.17. The third kappa shape index (κ3) is 4.12. The molecule has 1 N–H and O–H groups in total. The largest absolute Gasteiger partial charge is 0.453 e. The second kappa shape index (κ2) is 7.94. The molecule has 1 aromatic rings. The number of hydrogen-bond donors (Lipinski definition) is 1. The van der Waals surface area contributed by atoms with Gasteiger partial charge in [-0.2, -0.15) is 4.98 Å². The molecule has 0 aliphatic carbocycles. The number of piperidine rings is 1. The predicted octanol–water partition coefficient (Wildman–Crippen LogP) is 0.597. The molecule has 24 heavy (non-hydrogen) atoms. The number of carbonyl (C=O) groups excluding carboxylic acids is 2. The second-order valence-electron chi connectivity index (χ2n) is 5.94. The fourth-order valence-corrected chi connectivity index (χ4v) is 3.00. The molecule has 2 heterocycles. The van der Waals surface area contributed by atoms with Crippen LogP contribution in [0.3, 0.4) is 0 Å². The summed E-state index contributed by atoms with van der Waals surface area (Å²) >= 11 is 0. The predicted molar refractivity (Wildman–Crippen MR) is 87.7 cm³/mol. The van der Waals surface area contributed by atoms with Crippen LogP contribution in [0.25, 0.3) is 0 Å². The molecule has 0 bridgehead atoms. The SMILES string of the molecule is COC(=O)N1CCCC[C@@H]1C(=O)NCCn1c(C)cc(C)nc1=O. The smallest absolute Gasteiger partial charge is 0.410 e. The van der Waals surface area contributed by atoms with Crippen molar-refractivity contribution in [1.82, 2.24) is 19.8 Å². The normalized spacial score (nSPS) is 17.5. The van der Waals surface area contributed by atoms with Gasteiger partial charge < -0.3 is 10.1 Å². The number of nitrogens with zero attached hydrogens (tertiary/aromatic N) is 3. The average Bonchev–Trinajstić information content (AvgIpc) is 2.56. The van der Waals surface area contributed by atoms with Crippen molar-refractivity contribution >= 4 is 12.0 Å². The highest BCUT2D eigenvalue weighted by atomic mass is 16.5. The molecule has 8 heteroatoms. The number of carbonyl (C=O) groups is 2. The lowest BCUT2D eigenvalue weighted by Crippen LogP contribution is -2.52. The standard InChI is InChI=1S/C16H24N4O4/c1-11-10-12(2)19(15(22)18-11)9-7-17-14(21)13-6-4-5-8-20(13)16(23)24-3/h10,13H,4-9H2,1-3H3,(H,17,21)/t13-/m1/s1. The van der Waals surface area contributed by atoms with Crippen LogP contribution >= 0.6 is 0 Å². The van der Waals surface area contributed by atoms with E-state index >= 15 is 0 Å². The molecule has 2 amide bonds. The van der Waals surface area contributed by atoms with E-state index in [1.807, 2.05) is 13.0 Å². The number of nitrogens with one attached hydrogen (secondary N) is 1. The molecule has 1 aromatic heterocycles. The monoisotopic (exact) mass is 336 g/mol. The fraction of sp³-hybridized carbons (Fsp3) is 0.625. The Hall–Kier alpha value is -2.38. The zero-order valence-electron chi connectivity index (χ0n) is 14.4. The summed E-state index contributed by atoms with van der Waals surface area (Å²) in [5.74, 6) is -0.217. The summed E-state index contributed by atoms with van der Waals surface area (Å²) in [6, 6.07) is 1.31. The van der Waals surface area contributed by atoms with E-state index in [0.29, 0.717) is 31.7 Å². The van der Waals surface area contributed by atoms with E-state index in [-0.39, 0.29) is 11.6 Å². The van der Waals surface area contributed by atoms with E-state index in [4.69, 9.17) is 4.74 Å². The van der Waals surface area contributed by atoms with Gasteiger partial charge >= 0.3 is 11.8 Å². The van der Waals surface area contributed by atoms with Crippen LogP contribution in [-0.2, 0) is 16.1 Å². The number of hydrogen-bond acceptors (Lipinski definition) is 5. The molecule has 0 unspecified atom stereocenters. The first-order chi connectivity index (χ1) is 11.4. The molecule has 1 saturated heterocycles. The summed E-state index contributed by atoms with van der Waals surface area (Å²) in [5, 5.41) is 2.80. The van der Waals surface area contributed by atoms with Crippen molar-refractivity contribution in [2.24, 2.45) is 0 Å². The number of ether oxygens (including phenoxy) is 1. The van der Waals surface area contributed by atoms with Crippen molar-refractivity contribution in [2.45, 2.75) is 45.7 Å². The number of aromatic nitrogens is 2. The van der Waals surface area contributed by atoms with Crippen LogP contribution in [0.5, 0.6) is 0 Å². The molecular formula is C16H24N4O4. The van der Waals surface area contributed by atoms with Crippen LogP contribution < -0.4 is 11.0 Å². The first-order valence-corrected chi connectivity index (χ1v) is 8.11. The van der Waals surface area contributed by atoms with Gasteiger partial charge in [-0.3, -0.25) is 14.3 Å². The Labute approximate surface area is 140 Å². The highest BCUT2D eigenvalue weighted by Gasteiger charge is 2.32. The molecule has 8 nitrogen and oxygen atoms in total. The summed E-state index contributed by atoms with van der Waals surface area (Å²) in [4.78, 5) is 41.4. The van der Waals surface area contributed by atoms with Crippen molar-refractivity contribution in [3.63, 3.8) is 0 Å². The van der Waals surface area contributed by atoms with Gasteiger partial charge in [0, 0.05) is 31.0 Å². The summed E-state index contributed by atoms with van der Waals surface area (Å²) in [7, 11) is 1.31. The van der Waals surface area contributed by atoms with Crippen molar-refractivity contribution in [3.8, 4) is 0 Å². The molecule has 1 aliphatic heterocycles. The minimum atomic E-state index is -0.514. The Morgan fingerprint density at radius 3 is 2.79 bits per heavy atom. The lowest BCUT2D eigenvalue weighted by molar-refractivity contribution is -0.127. The third-order valence-electron chi connectivity index (χ3n) is 4.20. The fourth-order valence-electron chi connectivity index (χ4n) is 3.00. The molecular weight excluding hydrogens is 312 g/mol. The highest BCUT2D eigenvalue weighted by molar-refractivity contribution is 5.85. The Morgan fingerprint density at radius 1 is 1.38 bits per heavy atom. The maximum atomic E-state index is 12.4. The first-order valence-electron chi connectivity index (χ1n) is 8.11. The van der Waals surface area contributed by atoms with E-state index in [2.05, 4.69) is 10.3 Å². The zero-order valence-corrected chi connectivity index (χ0v) is 14.4. The number of amides is 2. The number of methoxy groups -OCH3 is 1. The van der Waals surface area contributed by atoms with Crippen molar-refractivity contribution in [1.29, 1.82) is 0 Å². The van der Waals surface area contributed by atoms with Crippen LogP contribution in [0.15, 0.2) is 10.9 Å². The molecule has 1 fully saturated rings. The minimum absolute atomic E-state index is 0.217. The van der Waals surface area contributed by atoms with Gasteiger partial charge in [-0.1, -0.05) is 0 Å². The maximum absolute atomic E-state index is 12.4. The van der Waals surface area contributed by atoms with E-state index < -0.39 is 12.1 Å². The van der Waals surface area contributed by atoms with E-state index in [1.165, 1.54) is 16.6 Å². The number of rotatable bonds is 4. The Bertz CT molecular complexity index is 671. The summed E-state index contributed by atoms with van der Waals surface area (Å²) in [6.07, 6.45) is 1.89. The van der Waals surface area contributed by atoms with Crippen molar-refractivity contribution in [3.05, 3.63) is 27.9 Å². The van der Waals surface area contributed by atoms with Gasteiger partial charge in [-0.15, -0.1) is 0 Å². The van der Waals surface area contributed by atoms with Crippen LogP contribution in [-0.4, -0.2) is 52.7 Å². The quantitative estimate of drug-likeness (QED) is 0.869. The molecule has 1 aliphatic rings. The van der Waals surface area contributed by atoms with Gasteiger partial charge in [-0.25, -0.2) is 9.59 Å². The van der Waals surface area contributed by atoms with Gasteiger partial charge in [0.1, 0.15) is 6.04 Å². The molecule has 0 aromatic carbocycles. The van der Waals surface area contributed by atoms with Crippen LogP contribution in [0, 0.1) is 13.8 Å². The van der Waals surface area contributed by atoms with E-state index in [0.717, 1.165) is 18.5 Å². The summed E-state index contributed by atoms with van der Waals surface area (Å²) in [5.41, 5.74) is 1.15. The van der Waals surface area contributed by atoms with E-state index in [9.17, 15) is 14.4 Å². The molecule has 1 atom stereocenters. The van der Waals surface area contributed by atoms with Gasteiger partial charge in [0.15, 0.2) is 0 Å². The summed E-state index contributed by atoms with van der Waals surface area (Å²) < 4.78 is 6.26. The van der Waals surface area contributed by atoms with Crippen LogP contribution in [0.4, 0.5) is 4.79 Å². The number of likely N-dealkylation sites (tertiary alicyclic amines) is 1. The van der Waals surface area contributed by atoms with Gasteiger partial charge in [0.05, 0.1) is 7.11 Å². The Kier molecular flexibility index (Phi) is 5.94. The molecule has 132 valence electrons. The molecule has 2 rings (SSSR count). The average molecular weight is 336 g/mol. The Morgan fingerprint density at radius 2 is 2.12 bits per heavy atom. The van der Waals surface area contributed by atoms with Crippen LogP contribution in [0.1, 0.15) is 30.7 Å². The molecule has 0 spiro atoms. The third-order valence-corrected chi connectivity index (χ3v) is 4.20. The zero-order chi connectivity index (χ0) is 17.7. The second-order valence-corrected chi connectivity index (χ2v) is 5.94. The lowest BCUT2D eigenvalue weighted by atomic mass is 10.0. The van der Waals surface area contributed by atoms with E-state index in [1.54, 1.807) is 6.92 Å². The van der Waals surface area contributed by atoms with Gasteiger partial charge in [-0.05, 0) is 39.2 Å². The molecule has 0 saturated carbocycles. The topological polar surface area (TPSA) is 93.5 Å². The van der Waals surface area contributed by atoms with Gasteiger partial charge in [0.2, 0.25) is 5.91 Å². The maximum Gasteiger partial charge on any atom is 0.410 e. The Balaban J connectivity index is 1.95. The lowest BCUT2D eigenvalue weighted by Gasteiger charge is -2.33.